The van der Waals surface area contributed by atoms with Crippen LogP contribution in [0, 0.1) is 3.57 Å². The van der Waals surface area contributed by atoms with Crippen LogP contribution in [-0.4, -0.2) is 11.2 Å². The second-order valence-electron chi connectivity index (χ2n) is 2.90. The summed E-state index contributed by atoms with van der Waals surface area (Å²) in [6.07, 6.45) is -0.589. The minimum Gasteiger partial charge on any atom is -0.391 e. The Labute approximate surface area is 96.2 Å². The van der Waals surface area contributed by atoms with Gasteiger partial charge in [-0.05, 0) is 41.6 Å². The molecule has 0 heterocycles. The second-order valence-corrected chi connectivity index (χ2v) is 4.47. The first kappa shape index (κ1) is 11.2. The normalized spacial score (nSPS) is 15.5. The number of hydrogen-bond donors (Lipinski definition) is 2. The van der Waals surface area contributed by atoms with Gasteiger partial charge in [-0.1, -0.05) is 17.7 Å². The molecular weight excluding hydrogens is 300 g/mol. The van der Waals surface area contributed by atoms with Crippen LogP contribution in [0.15, 0.2) is 18.2 Å². The quantitative estimate of drug-likeness (QED) is 0.824. The third-order valence-electron chi connectivity index (χ3n) is 1.85. The minimum absolute atomic E-state index is 0.416. The van der Waals surface area contributed by atoms with E-state index in [1.807, 2.05) is 12.1 Å². The molecule has 0 radical (unpaired) electrons. The number of rotatable bonds is 2. The number of nitrogens with two attached hydrogens (primary N) is 1. The lowest BCUT2D eigenvalue weighted by molar-refractivity contribution is 0.164. The van der Waals surface area contributed by atoms with Crippen molar-refractivity contribution in [3.63, 3.8) is 0 Å². The molecule has 0 aromatic heterocycles. The molecule has 0 saturated heterocycles. The first-order valence-corrected chi connectivity index (χ1v) is 5.37. The molecule has 0 amide bonds. The van der Waals surface area contributed by atoms with Crippen molar-refractivity contribution >= 4 is 34.2 Å². The smallest absolute Gasteiger partial charge is 0.0705 e. The van der Waals surface area contributed by atoms with Crippen LogP contribution in [0.2, 0.25) is 5.02 Å². The number of hydrogen-bond acceptors (Lipinski definition) is 2. The summed E-state index contributed by atoms with van der Waals surface area (Å²) in [5, 5.41) is 9.95. The van der Waals surface area contributed by atoms with Gasteiger partial charge in [0.05, 0.1) is 12.1 Å². The van der Waals surface area contributed by atoms with Gasteiger partial charge < -0.3 is 10.8 Å². The maximum atomic E-state index is 9.34. The Morgan fingerprint density at radius 1 is 1.54 bits per heavy atom. The van der Waals surface area contributed by atoms with Crippen LogP contribution < -0.4 is 5.73 Å². The summed E-state index contributed by atoms with van der Waals surface area (Å²) in [5.41, 5.74) is 6.62. The molecule has 0 fully saturated rings. The van der Waals surface area contributed by atoms with Crippen LogP contribution in [0.4, 0.5) is 0 Å². The molecule has 72 valence electrons. The van der Waals surface area contributed by atoms with E-state index < -0.39 is 12.1 Å². The van der Waals surface area contributed by atoms with Crippen molar-refractivity contribution in [2.75, 3.05) is 0 Å². The van der Waals surface area contributed by atoms with E-state index in [1.54, 1.807) is 13.0 Å². The molecule has 1 unspecified atom stereocenters. The molecule has 4 heteroatoms. The van der Waals surface area contributed by atoms with Gasteiger partial charge in [0, 0.05) is 14.2 Å². The standard InChI is InChI=1S/C9H11ClINO/c1-5(13)9(12)8-6(10)3-2-4-7(8)11/h2-5,9,13H,12H2,1H3/t5?,9-/m0/s1. The molecule has 0 aliphatic rings. The summed E-state index contributed by atoms with van der Waals surface area (Å²) in [6, 6.07) is 5.15. The molecule has 0 bridgehead atoms. The topological polar surface area (TPSA) is 46.2 Å². The molecule has 0 spiro atoms. The third kappa shape index (κ3) is 2.56. The Hall–Kier alpha value is 0.160. The van der Waals surface area contributed by atoms with E-state index in [2.05, 4.69) is 22.6 Å². The summed E-state index contributed by atoms with van der Waals surface area (Å²) in [7, 11) is 0. The predicted molar refractivity (Wildman–Crippen MR) is 62.8 cm³/mol. The lowest BCUT2D eigenvalue weighted by Crippen LogP contribution is -2.24. The van der Waals surface area contributed by atoms with Gasteiger partial charge in [0.15, 0.2) is 0 Å². The van der Waals surface area contributed by atoms with E-state index in [-0.39, 0.29) is 0 Å². The summed E-state index contributed by atoms with van der Waals surface area (Å²) < 4.78 is 0.985. The monoisotopic (exact) mass is 311 g/mol. The van der Waals surface area contributed by atoms with E-state index in [9.17, 15) is 5.11 Å². The van der Waals surface area contributed by atoms with Gasteiger partial charge in [-0.3, -0.25) is 0 Å². The van der Waals surface area contributed by atoms with Gasteiger partial charge >= 0.3 is 0 Å². The molecule has 13 heavy (non-hydrogen) atoms. The molecule has 1 rings (SSSR count). The fourth-order valence-corrected chi connectivity index (χ4v) is 2.39. The van der Waals surface area contributed by atoms with Crippen LogP contribution in [0.5, 0.6) is 0 Å². The molecule has 0 saturated carbocycles. The number of benzene rings is 1. The van der Waals surface area contributed by atoms with E-state index >= 15 is 0 Å². The Morgan fingerprint density at radius 2 is 2.15 bits per heavy atom. The zero-order valence-electron chi connectivity index (χ0n) is 7.17. The highest BCUT2D eigenvalue weighted by Crippen LogP contribution is 2.28. The molecule has 2 nitrogen and oxygen atoms in total. The van der Waals surface area contributed by atoms with E-state index in [4.69, 9.17) is 17.3 Å². The van der Waals surface area contributed by atoms with Crippen LogP contribution in [0.25, 0.3) is 0 Å². The zero-order valence-corrected chi connectivity index (χ0v) is 10.1. The van der Waals surface area contributed by atoms with Gasteiger partial charge in [0.2, 0.25) is 0 Å². The Kier molecular flexibility index (Phi) is 3.97. The fourth-order valence-electron chi connectivity index (χ4n) is 1.07. The third-order valence-corrected chi connectivity index (χ3v) is 3.12. The number of aliphatic hydroxyl groups is 1. The Bertz CT molecular complexity index is 283. The largest absolute Gasteiger partial charge is 0.391 e. The Balaban J connectivity index is 3.12. The first-order chi connectivity index (χ1) is 6.04. The van der Waals surface area contributed by atoms with Crippen molar-refractivity contribution in [2.45, 2.75) is 19.1 Å². The van der Waals surface area contributed by atoms with Gasteiger partial charge in [-0.2, -0.15) is 0 Å². The van der Waals surface area contributed by atoms with Crippen LogP contribution in [-0.2, 0) is 0 Å². The highest BCUT2D eigenvalue weighted by Gasteiger charge is 2.17. The van der Waals surface area contributed by atoms with E-state index in [0.29, 0.717) is 5.02 Å². The van der Waals surface area contributed by atoms with Crippen molar-refractivity contribution in [3.8, 4) is 0 Å². The molecule has 2 atom stereocenters. The average Bonchev–Trinajstić information content (AvgIpc) is 2.03. The summed E-state index contributed by atoms with van der Waals surface area (Å²) in [4.78, 5) is 0. The molecule has 0 aliphatic carbocycles. The average molecular weight is 312 g/mol. The minimum atomic E-state index is -0.589. The maximum Gasteiger partial charge on any atom is 0.0705 e. The van der Waals surface area contributed by atoms with Gasteiger partial charge in [0.25, 0.3) is 0 Å². The van der Waals surface area contributed by atoms with Crippen molar-refractivity contribution in [1.82, 2.24) is 0 Å². The molecule has 0 aliphatic heterocycles. The zero-order chi connectivity index (χ0) is 10.0. The van der Waals surface area contributed by atoms with Crippen LogP contribution >= 0.6 is 34.2 Å². The molecular formula is C9H11ClINO. The fraction of sp³-hybridized carbons (Fsp3) is 0.333. The van der Waals surface area contributed by atoms with Crippen LogP contribution in [0.3, 0.4) is 0 Å². The molecule has 3 N–H and O–H groups in total. The number of halogens is 2. The van der Waals surface area contributed by atoms with E-state index in [1.165, 1.54) is 0 Å². The van der Waals surface area contributed by atoms with Gasteiger partial charge in [-0.25, -0.2) is 0 Å². The lowest BCUT2D eigenvalue weighted by Gasteiger charge is -2.17. The van der Waals surface area contributed by atoms with Crippen molar-refractivity contribution in [1.29, 1.82) is 0 Å². The molecule has 1 aromatic rings. The van der Waals surface area contributed by atoms with Crippen LogP contribution in [0.1, 0.15) is 18.5 Å². The summed E-state index contributed by atoms with van der Waals surface area (Å²) >= 11 is 8.13. The van der Waals surface area contributed by atoms with Crippen molar-refractivity contribution in [3.05, 3.63) is 32.4 Å². The van der Waals surface area contributed by atoms with E-state index in [0.717, 1.165) is 9.13 Å². The first-order valence-electron chi connectivity index (χ1n) is 3.91. The Morgan fingerprint density at radius 3 is 2.62 bits per heavy atom. The van der Waals surface area contributed by atoms with Gasteiger partial charge in [0.1, 0.15) is 0 Å². The SMILES string of the molecule is CC(O)[C@H](N)c1c(Cl)cccc1I. The second kappa shape index (κ2) is 4.59. The highest BCUT2D eigenvalue weighted by atomic mass is 127. The maximum absolute atomic E-state index is 9.34. The summed E-state index contributed by atoms with van der Waals surface area (Å²) in [6.45, 7) is 1.66. The molecule has 1 aromatic carbocycles. The predicted octanol–water partition coefficient (Wildman–Crippen LogP) is 2.33. The summed E-state index contributed by atoms with van der Waals surface area (Å²) in [5.74, 6) is 0. The lowest BCUT2D eigenvalue weighted by atomic mass is 10.0. The van der Waals surface area contributed by atoms with Crippen molar-refractivity contribution < 1.29 is 5.11 Å². The number of aliphatic hydroxyl groups excluding tert-OH is 1. The highest BCUT2D eigenvalue weighted by molar-refractivity contribution is 14.1. The van der Waals surface area contributed by atoms with Crippen molar-refractivity contribution in [2.24, 2.45) is 5.73 Å². The van der Waals surface area contributed by atoms with Gasteiger partial charge in [-0.15, -0.1) is 0 Å².